The van der Waals surface area contributed by atoms with E-state index in [0.717, 1.165) is 19.1 Å². The van der Waals surface area contributed by atoms with E-state index in [9.17, 15) is 4.79 Å². The minimum Gasteiger partial charge on any atom is -0.478 e. The number of ether oxygens (including phenoxy) is 1. The van der Waals surface area contributed by atoms with Gasteiger partial charge in [0, 0.05) is 13.2 Å². The topological polar surface area (TPSA) is 62.9 Å². The van der Waals surface area contributed by atoms with Gasteiger partial charge in [-0.15, -0.1) is 0 Å². The second-order valence-electron chi connectivity index (χ2n) is 5.24. The van der Waals surface area contributed by atoms with Crippen molar-refractivity contribution in [1.29, 1.82) is 0 Å². The van der Waals surface area contributed by atoms with Crippen LogP contribution >= 0.6 is 0 Å². The molecule has 0 spiro atoms. The molecule has 0 bridgehead atoms. The first-order valence-corrected chi connectivity index (χ1v) is 6.65. The molecule has 1 aromatic heterocycles. The van der Waals surface area contributed by atoms with E-state index in [2.05, 4.69) is 4.90 Å². The molecule has 0 atom stereocenters. The van der Waals surface area contributed by atoms with Gasteiger partial charge in [0.1, 0.15) is 17.1 Å². The first kappa shape index (κ1) is 14.1. The highest BCUT2D eigenvalue weighted by molar-refractivity contribution is 5.88. The molecular weight excluding hydrogens is 246 g/mol. The van der Waals surface area contributed by atoms with Crippen LogP contribution in [0.4, 0.5) is 0 Å². The van der Waals surface area contributed by atoms with E-state index < -0.39 is 5.97 Å². The fourth-order valence-corrected chi connectivity index (χ4v) is 1.93. The van der Waals surface area contributed by atoms with Crippen LogP contribution in [0.15, 0.2) is 10.5 Å². The summed E-state index contributed by atoms with van der Waals surface area (Å²) in [6.45, 7) is 4.66. The van der Waals surface area contributed by atoms with E-state index in [1.807, 2.05) is 7.05 Å². The van der Waals surface area contributed by atoms with E-state index in [0.29, 0.717) is 24.7 Å². The molecule has 1 aliphatic rings. The van der Waals surface area contributed by atoms with Crippen molar-refractivity contribution in [3.8, 4) is 0 Å². The minimum atomic E-state index is -0.942. The number of aryl methyl sites for hydroxylation is 1. The summed E-state index contributed by atoms with van der Waals surface area (Å²) in [5.74, 6) is 0.986. The molecule has 0 unspecified atom stereocenters. The number of nitrogens with zero attached hydrogens (tertiary/aromatic N) is 1. The van der Waals surface area contributed by atoms with Gasteiger partial charge in [-0.25, -0.2) is 4.79 Å². The summed E-state index contributed by atoms with van der Waals surface area (Å²) in [5, 5.41) is 8.95. The largest absolute Gasteiger partial charge is 0.478 e. The van der Waals surface area contributed by atoms with Crippen molar-refractivity contribution in [2.75, 3.05) is 26.8 Å². The Bertz CT molecular complexity index is 437. The van der Waals surface area contributed by atoms with Crippen LogP contribution in [0.1, 0.15) is 34.7 Å². The van der Waals surface area contributed by atoms with Crippen molar-refractivity contribution in [2.24, 2.45) is 5.92 Å². The van der Waals surface area contributed by atoms with Crippen LogP contribution in [-0.2, 0) is 11.3 Å². The molecule has 0 aliphatic heterocycles. The number of furan rings is 1. The minimum absolute atomic E-state index is 0.244. The third-order valence-electron chi connectivity index (χ3n) is 3.29. The molecule has 1 aromatic rings. The lowest BCUT2D eigenvalue weighted by molar-refractivity contribution is 0.0695. The second-order valence-corrected chi connectivity index (χ2v) is 5.24. The van der Waals surface area contributed by atoms with Crippen LogP contribution in [0.2, 0.25) is 0 Å². The van der Waals surface area contributed by atoms with Crippen molar-refractivity contribution in [3.05, 3.63) is 23.2 Å². The van der Waals surface area contributed by atoms with Crippen molar-refractivity contribution < 1.29 is 19.1 Å². The lowest BCUT2D eigenvalue weighted by Crippen LogP contribution is -2.22. The maximum Gasteiger partial charge on any atom is 0.339 e. The summed E-state index contributed by atoms with van der Waals surface area (Å²) in [5.41, 5.74) is 0.244. The van der Waals surface area contributed by atoms with Crippen molar-refractivity contribution >= 4 is 5.97 Å². The molecule has 1 N–H and O–H groups in total. The zero-order chi connectivity index (χ0) is 13.8. The van der Waals surface area contributed by atoms with E-state index in [-0.39, 0.29) is 5.56 Å². The smallest absolute Gasteiger partial charge is 0.339 e. The number of hydrogen-bond donors (Lipinski definition) is 1. The summed E-state index contributed by atoms with van der Waals surface area (Å²) >= 11 is 0. The normalized spacial score (nSPS) is 15.1. The molecule has 1 fully saturated rings. The zero-order valence-electron chi connectivity index (χ0n) is 11.5. The van der Waals surface area contributed by atoms with Gasteiger partial charge in [-0.05, 0) is 38.8 Å². The molecule has 1 aliphatic carbocycles. The number of aromatic carboxylic acids is 1. The summed E-state index contributed by atoms with van der Waals surface area (Å²) in [7, 11) is 1.97. The molecule has 0 amide bonds. The molecule has 19 heavy (non-hydrogen) atoms. The molecule has 1 heterocycles. The van der Waals surface area contributed by atoms with Crippen LogP contribution in [-0.4, -0.2) is 42.8 Å². The molecule has 0 radical (unpaired) electrons. The van der Waals surface area contributed by atoms with Gasteiger partial charge >= 0.3 is 5.97 Å². The van der Waals surface area contributed by atoms with Gasteiger partial charge in [-0.3, -0.25) is 4.90 Å². The highest BCUT2D eigenvalue weighted by Crippen LogP contribution is 2.28. The molecule has 106 valence electrons. The van der Waals surface area contributed by atoms with Crippen LogP contribution < -0.4 is 0 Å². The highest BCUT2D eigenvalue weighted by atomic mass is 16.5. The van der Waals surface area contributed by atoms with Crippen LogP contribution in [0.3, 0.4) is 0 Å². The molecule has 2 rings (SSSR count). The Morgan fingerprint density at radius 2 is 2.32 bits per heavy atom. The third kappa shape index (κ3) is 4.36. The first-order chi connectivity index (χ1) is 9.06. The number of likely N-dealkylation sites (N-methyl/N-ethyl adjacent to an activating group) is 1. The van der Waals surface area contributed by atoms with E-state index in [1.54, 1.807) is 13.0 Å². The van der Waals surface area contributed by atoms with Gasteiger partial charge in [0.25, 0.3) is 0 Å². The van der Waals surface area contributed by atoms with Crippen LogP contribution in [0.5, 0.6) is 0 Å². The predicted octanol–water partition coefficient (Wildman–Crippen LogP) is 2.14. The lowest BCUT2D eigenvalue weighted by Gasteiger charge is -2.14. The molecular formula is C14H21NO4. The van der Waals surface area contributed by atoms with Crippen molar-refractivity contribution in [1.82, 2.24) is 4.90 Å². The Kier molecular flexibility index (Phi) is 4.61. The van der Waals surface area contributed by atoms with Crippen molar-refractivity contribution in [3.63, 3.8) is 0 Å². The molecule has 1 saturated carbocycles. The quantitative estimate of drug-likeness (QED) is 0.731. The summed E-state index contributed by atoms with van der Waals surface area (Å²) in [4.78, 5) is 13.0. The lowest BCUT2D eigenvalue weighted by atomic mass is 10.2. The number of carboxylic acid groups (broad SMARTS) is 1. The average Bonchev–Trinajstić information content (AvgIpc) is 3.08. The Hall–Kier alpha value is -1.33. The predicted molar refractivity (Wildman–Crippen MR) is 70.3 cm³/mol. The number of carboxylic acids is 1. The SMILES string of the molecule is Cc1oc(CN(C)CCOCC2CC2)cc1C(=O)O. The van der Waals surface area contributed by atoms with Gasteiger partial charge in [0.05, 0.1) is 13.2 Å². The van der Waals surface area contributed by atoms with Gasteiger partial charge < -0.3 is 14.3 Å². The van der Waals surface area contributed by atoms with Gasteiger partial charge in [0.15, 0.2) is 0 Å². The van der Waals surface area contributed by atoms with Crippen LogP contribution in [0.25, 0.3) is 0 Å². The average molecular weight is 267 g/mol. The molecule has 5 heteroatoms. The fourth-order valence-electron chi connectivity index (χ4n) is 1.93. The van der Waals surface area contributed by atoms with Crippen LogP contribution in [0, 0.1) is 12.8 Å². The second kappa shape index (κ2) is 6.21. The van der Waals surface area contributed by atoms with E-state index >= 15 is 0 Å². The number of hydrogen-bond acceptors (Lipinski definition) is 4. The number of carbonyl (C=O) groups is 1. The summed E-state index contributed by atoms with van der Waals surface area (Å²) in [6.07, 6.45) is 2.61. The summed E-state index contributed by atoms with van der Waals surface area (Å²) in [6, 6.07) is 1.60. The molecule has 0 saturated heterocycles. The fraction of sp³-hybridized carbons (Fsp3) is 0.643. The monoisotopic (exact) mass is 267 g/mol. The Balaban J connectivity index is 1.72. The molecule has 5 nitrogen and oxygen atoms in total. The third-order valence-corrected chi connectivity index (χ3v) is 3.29. The standard InChI is InChI=1S/C14H21NO4/c1-10-13(14(16)17)7-12(19-10)8-15(2)5-6-18-9-11-3-4-11/h7,11H,3-6,8-9H2,1-2H3,(H,16,17). The van der Waals surface area contributed by atoms with Crippen molar-refractivity contribution in [2.45, 2.75) is 26.3 Å². The maximum absolute atomic E-state index is 10.9. The van der Waals surface area contributed by atoms with E-state index in [4.69, 9.17) is 14.3 Å². The van der Waals surface area contributed by atoms with Gasteiger partial charge in [0.2, 0.25) is 0 Å². The van der Waals surface area contributed by atoms with Gasteiger partial charge in [-0.2, -0.15) is 0 Å². The Morgan fingerprint density at radius 3 is 2.89 bits per heavy atom. The highest BCUT2D eigenvalue weighted by Gasteiger charge is 2.21. The van der Waals surface area contributed by atoms with E-state index in [1.165, 1.54) is 12.8 Å². The van der Waals surface area contributed by atoms with Gasteiger partial charge in [-0.1, -0.05) is 0 Å². The molecule has 0 aromatic carbocycles. The zero-order valence-corrected chi connectivity index (χ0v) is 11.5. The first-order valence-electron chi connectivity index (χ1n) is 6.65. The maximum atomic E-state index is 10.9. The summed E-state index contributed by atoms with van der Waals surface area (Å²) < 4.78 is 11.0. The Morgan fingerprint density at radius 1 is 1.58 bits per heavy atom. The Labute approximate surface area is 113 Å². The number of rotatable bonds is 8.